The second-order valence-corrected chi connectivity index (χ2v) is 9.40. The molecule has 0 radical (unpaired) electrons. The molecular formula is C25H32ClN5O2. The third kappa shape index (κ3) is 5.53. The van der Waals surface area contributed by atoms with Crippen LogP contribution in [0.3, 0.4) is 0 Å². The van der Waals surface area contributed by atoms with E-state index in [1.807, 2.05) is 23.1 Å². The number of hydrogen-bond donors (Lipinski definition) is 0. The summed E-state index contributed by atoms with van der Waals surface area (Å²) in [5, 5.41) is 0.698. The van der Waals surface area contributed by atoms with E-state index in [9.17, 15) is 9.59 Å². The number of hydrogen-bond acceptors (Lipinski definition) is 5. The van der Waals surface area contributed by atoms with Crippen LogP contribution >= 0.6 is 11.6 Å². The molecule has 1 atom stereocenters. The highest BCUT2D eigenvalue weighted by Crippen LogP contribution is 2.30. The maximum absolute atomic E-state index is 13.1. The number of benzene rings is 1. The number of carbonyl (C=O) groups is 2. The maximum Gasteiger partial charge on any atom is 0.273 e. The van der Waals surface area contributed by atoms with E-state index in [1.165, 1.54) is 19.2 Å². The second kappa shape index (κ2) is 10.6. The fraction of sp³-hybridized carbons (Fsp3) is 0.520. The Bertz CT molecular complexity index is 1010. The Morgan fingerprint density at radius 2 is 1.88 bits per heavy atom. The molecule has 4 rings (SSSR count). The van der Waals surface area contributed by atoms with Gasteiger partial charge >= 0.3 is 0 Å². The Morgan fingerprint density at radius 3 is 2.58 bits per heavy atom. The van der Waals surface area contributed by atoms with Crippen LogP contribution in [0.15, 0.2) is 30.6 Å². The monoisotopic (exact) mass is 469 g/mol. The molecule has 176 valence electrons. The predicted molar refractivity (Wildman–Crippen MR) is 129 cm³/mol. The zero-order valence-corrected chi connectivity index (χ0v) is 20.2. The highest BCUT2D eigenvalue weighted by atomic mass is 35.5. The van der Waals surface area contributed by atoms with Gasteiger partial charge in [-0.15, -0.1) is 0 Å². The van der Waals surface area contributed by atoms with Gasteiger partial charge in [-0.1, -0.05) is 37.6 Å². The molecule has 0 aliphatic carbocycles. The Morgan fingerprint density at radius 1 is 1.09 bits per heavy atom. The molecule has 0 N–H and O–H groups in total. The quantitative estimate of drug-likeness (QED) is 0.618. The van der Waals surface area contributed by atoms with Crippen LogP contribution in [0.5, 0.6) is 0 Å². The molecule has 2 aliphatic rings. The average molecular weight is 470 g/mol. The Balaban J connectivity index is 1.41. The van der Waals surface area contributed by atoms with E-state index < -0.39 is 0 Å². The van der Waals surface area contributed by atoms with Gasteiger partial charge in [0.25, 0.3) is 5.91 Å². The van der Waals surface area contributed by atoms with Gasteiger partial charge < -0.3 is 14.7 Å². The molecule has 0 bridgehead atoms. The summed E-state index contributed by atoms with van der Waals surface area (Å²) in [4.78, 5) is 40.1. The molecule has 2 aliphatic heterocycles. The standard InChI is InChI=1S/C25H32ClN5O2/c1-3-18(2)20-7-6-19(14-21(20)26)22-15-23(28-17-27-22)25(33)31-13-12-30(24(32)16-31)11-10-29-8-4-5-9-29/h6-7,14-15,17-18H,3-5,8-13,16H2,1-2H3. The third-order valence-corrected chi connectivity index (χ3v) is 7.14. The number of carbonyl (C=O) groups excluding carboxylic acids is 2. The summed E-state index contributed by atoms with van der Waals surface area (Å²) in [5.41, 5.74) is 2.88. The second-order valence-electron chi connectivity index (χ2n) is 8.99. The van der Waals surface area contributed by atoms with Crippen molar-refractivity contribution >= 4 is 23.4 Å². The van der Waals surface area contributed by atoms with Gasteiger partial charge in [0, 0.05) is 36.8 Å². The van der Waals surface area contributed by atoms with Crippen molar-refractivity contribution in [3.63, 3.8) is 0 Å². The van der Waals surface area contributed by atoms with E-state index in [-0.39, 0.29) is 18.4 Å². The molecule has 1 unspecified atom stereocenters. The minimum atomic E-state index is -0.242. The minimum Gasteiger partial charge on any atom is -0.338 e. The lowest BCUT2D eigenvalue weighted by atomic mass is 9.97. The van der Waals surface area contributed by atoms with Gasteiger partial charge in [0.1, 0.15) is 18.6 Å². The SMILES string of the molecule is CCC(C)c1ccc(-c2cc(C(=O)N3CCN(CCN4CCCC4)C(=O)C3)ncn2)cc1Cl. The summed E-state index contributed by atoms with van der Waals surface area (Å²) < 4.78 is 0. The van der Waals surface area contributed by atoms with E-state index in [0.29, 0.717) is 35.4 Å². The van der Waals surface area contributed by atoms with Crippen molar-refractivity contribution in [2.24, 2.45) is 0 Å². The fourth-order valence-electron chi connectivity index (χ4n) is 4.49. The van der Waals surface area contributed by atoms with E-state index in [2.05, 4.69) is 28.7 Å². The first-order valence-corrected chi connectivity index (χ1v) is 12.2. The number of amides is 2. The molecule has 33 heavy (non-hydrogen) atoms. The molecular weight excluding hydrogens is 438 g/mol. The summed E-state index contributed by atoms with van der Waals surface area (Å²) in [6.07, 6.45) is 4.89. The van der Waals surface area contributed by atoms with Gasteiger partial charge in [0.05, 0.1) is 5.69 Å². The Labute approximate surface area is 200 Å². The fourth-order valence-corrected chi connectivity index (χ4v) is 4.85. The smallest absolute Gasteiger partial charge is 0.273 e. The Kier molecular flexibility index (Phi) is 7.60. The van der Waals surface area contributed by atoms with Crippen LogP contribution in [0.4, 0.5) is 0 Å². The first-order valence-electron chi connectivity index (χ1n) is 11.9. The number of halogens is 1. The molecule has 7 nitrogen and oxygen atoms in total. The maximum atomic E-state index is 13.1. The van der Waals surface area contributed by atoms with Crippen LogP contribution in [0, 0.1) is 0 Å². The number of aromatic nitrogens is 2. The van der Waals surface area contributed by atoms with Crippen molar-refractivity contribution in [2.75, 3.05) is 45.8 Å². The number of likely N-dealkylation sites (tertiary alicyclic amines) is 1. The number of piperazine rings is 1. The number of nitrogens with zero attached hydrogens (tertiary/aromatic N) is 5. The van der Waals surface area contributed by atoms with Crippen molar-refractivity contribution in [3.05, 3.63) is 46.9 Å². The third-order valence-electron chi connectivity index (χ3n) is 6.82. The van der Waals surface area contributed by atoms with Crippen molar-refractivity contribution < 1.29 is 9.59 Å². The number of rotatable bonds is 7. The minimum absolute atomic E-state index is 0.00417. The molecule has 2 amide bonds. The topological polar surface area (TPSA) is 69.6 Å². The molecule has 3 heterocycles. The zero-order chi connectivity index (χ0) is 23.4. The van der Waals surface area contributed by atoms with Crippen LogP contribution in [0.2, 0.25) is 5.02 Å². The molecule has 0 saturated carbocycles. The molecule has 0 spiro atoms. The lowest BCUT2D eigenvalue weighted by Gasteiger charge is -2.35. The first-order chi connectivity index (χ1) is 16.0. The largest absolute Gasteiger partial charge is 0.338 e. The lowest BCUT2D eigenvalue weighted by molar-refractivity contribution is -0.135. The van der Waals surface area contributed by atoms with Crippen molar-refractivity contribution in [2.45, 2.75) is 39.0 Å². The van der Waals surface area contributed by atoms with Gasteiger partial charge in [-0.2, -0.15) is 0 Å². The van der Waals surface area contributed by atoms with Gasteiger partial charge in [0.15, 0.2) is 0 Å². The van der Waals surface area contributed by atoms with Crippen LogP contribution in [0.25, 0.3) is 11.3 Å². The van der Waals surface area contributed by atoms with Gasteiger partial charge in [-0.25, -0.2) is 9.97 Å². The normalized spacial score (nSPS) is 18.1. The zero-order valence-electron chi connectivity index (χ0n) is 19.5. The van der Waals surface area contributed by atoms with Crippen LogP contribution in [-0.4, -0.2) is 82.3 Å². The van der Waals surface area contributed by atoms with E-state index in [1.54, 1.807) is 11.0 Å². The summed E-state index contributed by atoms with van der Waals surface area (Å²) >= 11 is 6.51. The van der Waals surface area contributed by atoms with Gasteiger partial charge in [-0.3, -0.25) is 9.59 Å². The van der Waals surface area contributed by atoms with Crippen LogP contribution in [0.1, 0.15) is 55.1 Å². The summed E-state index contributed by atoms with van der Waals surface area (Å²) in [7, 11) is 0. The molecule has 2 aromatic rings. The molecule has 2 fully saturated rings. The molecule has 1 aromatic heterocycles. The molecule has 8 heteroatoms. The first kappa shape index (κ1) is 23.6. The molecule has 2 saturated heterocycles. The van der Waals surface area contributed by atoms with Crippen molar-refractivity contribution in [3.8, 4) is 11.3 Å². The average Bonchev–Trinajstić information content (AvgIpc) is 3.36. The van der Waals surface area contributed by atoms with E-state index >= 15 is 0 Å². The summed E-state index contributed by atoms with van der Waals surface area (Å²) in [6.45, 7) is 9.32. The lowest BCUT2D eigenvalue weighted by Crippen LogP contribution is -2.53. The highest BCUT2D eigenvalue weighted by Gasteiger charge is 2.29. The van der Waals surface area contributed by atoms with Crippen LogP contribution < -0.4 is 0 Å². The summed E-state index contributed by atoms with van der Waals surface area (Å²) in [6, 6.07) is 7.57. The van der Waals surface area contributed by atoms with Gasteiger partial charge in [0.2, 0.25) is 5.91 Å². The van der Waals surface area contributed by atoms with Crippen LogP contribution in [-0.2, 0) is 4.79 Å². The Hall–Kier alpha value is -2.51. The van der Waals surface area contributed by atoms with E-state index in [4.69, 9.17) is 11.6 Å². The van der Waals surface area contributed by atoms with Crippen molar-refractivity contribution in [1.29, 1.82) is 0 Å². The molecule has 1 aromatic carbocycles. The predicted octanol–water partition coefficient (Wildman–Crippen LogP) is 3.69. The highest BCUT2D eigenvalue weighted by molar-refractivity contribution is 6.31. The van der Waals surface area contributed by atoms with Gasteiger partial charge in [-0.05, 0) is 56.0 Å². The van der Waals surface area contributed by atoms with E-state index in [0.717, 1.165) is 43.7 Å². The van der Waals surface area contributed by atoms with Crippen molar-refractivity contribution in [1.82, 2.24) is 24.7 Å². The summed E-state index contributed by atoms with van der Waals surface area (Å²) in [5.74, 6) is 0.129.